The highest BCUT2D eigenvalue weighted by molar-refractivity contribution is 7.27. The van der Waals surface area contributed by atoms with E-state index < -0.39 is 5.41 Å². The number of aromatic nitrogens is 1. The molecule has 4 heterocycles. The van der Waals surface area contributed by atoms with Gasteiger partial charge in [-0.15, -0.1) is 22.7 Å². The van der Waals surface area contributed by atoms with Crippen molar-refractivity contribution in [3.8, 4) is 16.8 Å². The van der Waals surface area contributed by atoms with Gasteiger partial charge in [0.15, 0.2) is 0 Å². The maximum Gasteiger partial charge on any atom is 0.0719 e. The van der Waals surface area contributed by atoms with Gasteiger partial charge in [-0.3, -0.25) is 0 Å². The standard InChI is InChI=1S/C62H40N2S2/c1-39-15-3-2-14-38-63(58-44(39)34-36-51-48-19-7-12-24-56(48)65-60(51)58)42-30-26-40(27-31-42)62(53-21-9-4-16-45(53)46-17-5-10-22-54(46)62)41-28-32-43(33-29-41)64-55-23-11-6-18-47(55)50-35-37-52-49-20-8-13-25-57(49)66-61(52)59(50)64/h2-37H,1,38H2/b14-2-,15-3-. The van der Waals surface area contributed by atoms with Crippen LogP contribution in [-0.4, -0.2) is 11.1 Å². The van der Waals surface area contributed by atoms with E-state index in [-0.39, 0.29) is 0 Å². The van der Waals surface area contributed by atoms with E-state index in [2.05, 4.69) is 234 Å². The lowest BCUT2D eigenvalue weighted by Crippen LogP contribution is -2.28. The molecule has 0 atom stereocenters. The molecule has 0 unspecified atom stereocenters. The molecule has 2 aliphatic rings. The Balaban J connectivity index is 0.965. The fourth-order valence-corrected chi connectivity index (χ4v) is 13.9. The second kappa shape index (κ2) is 14.4. The van der Waals surface area contributed by atoms with Gasteiger partial charge in [0.05, 0.1) is 31.5 Å². The van der Waals surface area contributed by atoms with Crippen molar-refractivity contribution in [1.82, 2.24) is 4.57 Å². The predicted molar refractivity (Wildman–Crippen MR) is 285 cm³/mol. The minimum absolute atomic E-state index is 0.549. The largest absolute Gasteiger partial charge is 0.336 e. The lowest BCUT2D eigenvalue weighted by Gasteiger charge is -2.35. The maximum absolute atomic E-state index is 4.57. The number of thiophene rings is 2. The molecule has 0 spiro atoms. The zero-order valence-electron chi connectivity index (χ0n) is 35.9. The molecule has 1 aliphatic carbocycles. The first kappa shape index (κ1) is 37.6. The highest BCUT2D eigenvalue weighted by Gasteiger charge is 2.46. The summed E-state index contributed by atoms with van der Waals surface area (Å²) in [5.41, 5.74) is 15.3. The molecule has 0 radical (unpaired) electrons. The number of nitrogens with zero attached hydrogens (tertiary/aromatic N) is 2. The summed E-state index contributed by atoms with van der Waals surface area (Å²) in [6.07, 6.45) is 8.66. The highest BCUT2D eigenvalue weighted by Crippen LogP contribution is 2.57. The normalized spacial score (nSPS) is 15.3. The Bertz CT molecular complexity index is 4000. The minimum atomic E-state index is -0.549. The Kier molecular flexibility index (Phi) is 8.19. The number of para-hydroxylation sites is 1. The topological polar surface area (TPSA) is 8.17 Å². The van der Waals surface area contributed by atoms with Crippen LogP contribution in [0.15, 0.2) is 225 Å². The van der Waals surface area contributed by atoms with Gasteiger partial charge in [0.2, 0.25) is 0 Å². The van der Waals surface area contributed by atoms with Crippen molar-refractivity contribution in [1.29, 1.82) is 0 Å². The van der Waals surface area contributed by atoms with Crippen molar-refractivity contribution in [2.75, 3.05) is 11.4 Å². The fourth-order valence-electron chi connectivity index (χ4n) is 11.4. The van der Waals surface area contributed by atoms with E-state index in [4.69, 9.17) is 0 Å². The monoisotopic (exact) mass is 876 g/mol. The molecular formula is C62H40N2S2. The van der Waals surface area contributed by atoms with Crippen molar-refractivity contribution in [2.24, 2.45) is 0 Å². The van der Waals surface area contributed by atoms with Crippen LogP contribution >= 0.6 is 22.7 Å². The molecule has 0 fully saturated rings. The number of allylic oxidation sites excluding steroid dienone is 4. The van der Waals surface area contributed by atoms with E-state index >= 15 is 0 Å². The molecular weight excluding hydrogens is 837 g/mol. The summed E-state index contributed by atoms with van der Waals surface area (Å²) in [5, 5.41) is 7.76. The van der Waals surface area contributed by atoms with Crippen LogP contribution in [0.4, 0.5) is 11.4 Å². The Labute approximate surface area is 390 Å². The van der Waals surface area contributed by atoms with Gasteiger partial charge in [0, 0.05) is 65.2 Å². The van der Waals surface area contributed by atoms with Crippen LogP contribution in [0.3, 0.4) is 0 Å². The zero-order valence-corrected chi connectivity index (χ0v) is 37.5. The van der Waals surface area contributed by atoms with Crippen molar-refractivity contribution in [2.45, 2.75) is 5.41 Å². The second-order valence-electron chi connectivity index (χ2n) is 17.6. The van der Waals surface area contributed by atoms with E-state index in [0.29, 0.717) is 0 Å². The SMILES string of the molecule is C=C1/C=C\C=C/CN(c2ccc(C3(c4ccc(-n5c6ccccc6c6ccc7c8ccccc8sc7c65)cc4)c4ccccc4-c4ccccc43)cc2)c2c1ccc1c2sc2ccccc21. The summed E-state index contributed by atoms with van der Waals surface area (Å²) >= 11 is 3.77. The third-order valence-corrected chi connectivity index (χ3v) is 16.7. The molecule has 0 amide bonds. The van der Waals surface area contributed by atoms with Crippen LogP contribution in [-0.2, 0) is 5.41 Å². The van der Waals surface area contributed by atoms with E-state index in [9.17, 15) is 0 Å². The third kappa shape index (κ3) is 5.22. The molecule has 0 saturated heterocycles. The van der Waals surface area contributed by atoms with Gasteiger partial charge < -0.3 is 9.47 Å². The summed E-state index contributed by atoms with van der Waals surface area (Å²) in [6.45, 7) is 5.30. The molecule has 12 aromatic rings. The van der Waals surface area contributed by atoms with E-state index in [0.717, 1.165) is 29.1 Å². The smallest absolute Gasteiger partial charge is 0.0719 e. The van der Waals surface area contributed by atoms with Gasteiger partial charge in [0.1, 0.15) is 0 Å². The van der Waals surface area contributed by atoms with Crippen molar-refractivity contribution in [3.63, 3.8) is 0 Å². The number of rotatable bonds is 4. The zero-order chi connectivity index (χ0) is 43.5. The first-order valence-corrected chi connectivity index (χ1v) is 24.3. The molecule has 0 saturated carbocycles. The summed E-state index contributed by atoms with van der Waals surface area (Å²) in [5.74, 6) is 0. The summed E-state index contributed by atoms with van der Waals surface area (Å²) < 4.78 is 7.73. The number of anilines is 2. The minimum Gasteiger partial charge on any atom is -0.336 e. The lowest BCUT2D eigenvalue weighted by atomic mass is 9.67. The van der Waals surface area contributed by atoms with Gasteiger partial charge >= 0.3 is 0 Å². The number of hydrogen-bond donors (Lipinski definition) is 0. The molecule has 0 bridgehead atoms. The van der Waals surface area contributed by atoms with Crippen LogP contribution in [0.1, 0.15) is 27.8 Å². The van der Waals surface area contributed by atoms with Crippen molar-refractivity contribution >= 4 is 102 Å². The van der Waals surface area contributed by atoms with Crippen LogP contribution < -0.4 is 4.90 Å². The molecule has 4 heteroatoms. The molecule has 2 nitrogen and oxygen atoms in total. The second-order valence-corrected chi connectivity index (χ2v) is 19.7. The Morgan fingerprint density at radius 2 is 0.985 bits per heavy atom. The average Bonchev–Trinajstić information content (AvgIpc) is 4.13. The third-order valence-electron chi connectivity index (χ3n) is 14.3. The van der Waals surface area contributed by atoms with Crippen LogP contribution in [0.2, 0.25) is 0 Å². The maximum atomic E-state index is 4.57. The highest BCUT2D eigenvalue weighted by atomic mass is 32.1. The molecule has 66 heavy (non-hydrogen) atoms. The van der Waals surface area contributed by atoms with Crippen molar-refractivity contribution < 1.29 is 0 Å². The molecule has 0 N–H and O–H groups in total. The van der Waals surface area contributed by atoms with Gasteiger partial charge in [-0.25, -0.2) is 0 Å². The van der Waals surface area contributed by atoms with Gasteiger partial charge in [-0.1, -0.05) is 183 Å². The molecule has 3 aromatic heterocycles. The van der Waals surface area contributed by atoms with Gasteiger partial charge in [0.25, 0.3) is 0 Å². The first-order chi connectivity index (χ1) is 32.7. The number of fused-ring (bicyclic) bond motifs is 15. The summed E-state index contributed by atoms with van der Waals surface area (Å²) in [7, 11) is 0. The number of hydrogen-bond acceptors (Lipinski definition) is 3. The summed E-state index contributed by atoms with van der Waals surface area (Å²) in [6, 6.07) is 72.8. The molecule has 310 valence electrons. The molecule has 14 rings (SSSR count). The predicted octanol–water partition coefficient (Wildman–Crippen LogP) is 17.2. The Morgan fingerprint density at radius 1 is 0.439 bits per heavy atom. The van der Waals surface area contributed by atoms with E-state index in [1.54, 1.807) is 0 Å². The van der Waals surface area contributed by atoms with Crippen LogP contribution in [0, 0.1) is 0 Å². The van der Waals surface area contributed by atoms with E-state index in [1.807, 2.05) is 22.7 Å². The first-order valence-electron chi connectivity index (χ1n) is 22.7. The molecule has 1 aliphatic heterocycles. The Hall–Kier alpha value is -7.76. The van der Waals surface area contributed by atoms with Gasteiger partial charge in [-0.05, 0) is 81.4 Å². The quantitative estimate of drug-likeness (QED) is 0.171. The summed E-state index contributed by atoms with van der Waals surface area (Å²) in [4.78, 5) is 2.49. The fraction of sp³-hybridized carbons (Fsp3) is 0.0323. The average molecular weight is 877 g/mol. The number of benzene rings is 9. The van der Waals surface area contributed by atoms with Crippen LogP contribution in [0.25, 0.3) is 84.5 Å². The Morgan fingerprint density at radius 3 is 1.68 bits per heavy atom. The molecule has 9 aromatic carbocycles. The lowest BCUT2D eigenvalue weighted by molar-refractivity contribution is 0.768. The van der Waals surface area contributed by atoms with Crippen LogP contribution in [0.5, 0.6) is 0 Å². The van der Waals surface area contributed by atoms with E-state index in [1.165, 1.54) is 101 Å². The van der Waals surface area contributed by atoms with Crippen molar-refractivity contribution in [3.05, 3.63) is 253 Å². The van der Waals surface area contributed by atoms with Gasteiger partial charge in [-0.2, -0.15) is 0 Å².